The highest BCUT2D eigenvalue weighted by atomic mass is 15.1. The van der Waals surface area contributed by atoms with Crippen LogP contribution in [0.1, 0.15) is 33.1 Å². The molecule has 0 atom stereocenters. The van der Waals surface area contributed by atoms with Gasteiger partial charge in [0.15, 0.2) is 0 Å². The minimum atomic E-state index is 0.814. The molecule has 0 amide bonds. The first-order chi connectivity index (χ1) is 5.66. The van der Waals surface area contributed by atoms with Gasteiger partial charge in [0, 0.05) is 0 Å². The summed E-state index contributed by atoms with van der Waals surface area (Å²) in [5.74, 6) is 0.841. The van der Waals surface area contributed by atoms with E-state index in [-0.39, 0.29) is 0 Å². The van der Waals surface area contributed by atoms with E-state index in [1.54, 1.807) is 0 Å². The first-order valence-electron chi connectivity index (χ1n) is 5.05. The first kappa shape index (κ1) is 11.9. The second-order valence-electron chi connectivity index (χ2n) is 3.98. The van der Waals surface area contributed by atoms with E-state index in [1.807, 2.05) is 0 Å². The summed E-state index contributed by atoms with van der Waals surface area (Å²) >= 11 is 0. The van der Waals surface area contributed by atoms with Crippen LogP contribution < -0.4 is 5.73 Å². The van der Waals surface area contributed by atoms with Crippen LogP contribution >= 0.6 is 0 Å². The topological polar surface area (TPSA) is 29.3 Å². The van der Waals surface area contributed by atoms with E-state index < -0.39 is 0 Å². The molecule has 0 fully saturated rings. The van der Waals surface area contributed by atoms with Crippen LogP contribution in [0.4, 0.5) is 0 Å². The van der Waals surface area contributed by atoms with E-state index in [4.69, 9.17) is 5.73 Å². The Labute approximate surface area is 77.1 Å². The molecule has 2 heteroatoms. The lowest BCUT2D eigenvalue weighted by Crippen LogP contribution is -2.23. The average Bonchev–Trinajstić information content (AvgIpc) is 2.00. The van der Waals surface area contributed by atoms with E-state index in [9.17, 15) is 0 Å². The second-order valence-corrected chi connectivity index (χ2v) is 3.98. The molecule has 0 saturated heterocycles. The van der Waals surface area contributed by atoms with E-state index in [0.717, 1.165) is 25.4 Å². The Morgan fingerprint density at radius 3 is 2.25 bits per heavy atom. The van der Waals surface area contributed by atoms with Crippen molar-refractivity contribution >= 4 is 0 Å². The molecular formula is C10H24N2. The Balaban J connectivity index is 3.13. The molecule has 0 aliphatic heterocycles. The number of hydrogen-bond donors (Lipinski definition) is 1. The van der Waals surface area contributed by atoms with Gasteiger partial charge in [-0.2, -0.15) is 0 Å². The lowest BCUT2D eigenvalue weighted by Gasteiger charge is -2.16. The molecule has 0 bridgehead atoms. The van der Waals surface area contributed by atoms with Gasteiger partial charge in [-0.1, -0.05) is 13.8 Å². The Morgan fingerprint density at radius 2 is 1.75 bits per heavy atom. The van der Waals surface area contributed by atoms with Crippen molar-refractivity contribution in [2.75, 3.05) is 26.7 Å². The SMILES string of the molecule is CC(C)CCCN(C)CCCN. The molecule has 12 heavy (non-hydrogen) atoms. The molecule has 0 aliphatic carbocycles. The Kier molecular flexibility index (Phi) is 7.51. The van der Waals surface area contributed by atoms with Crippen LogP contribution in [0.25, 0.3) is 0 Å². The summed E-state index contributed by atoms with van der Waals surface area (Å²) in [6.45, 7) is 7.74. The lowest BCUT2D eigenvalue weighted by molar-refractivity contribution is 0.315. The van der Waals surface area contributed by atoms with Crippen LogP contribution in [-0.4, -0.2) is 31.6 Å². The van der Waals surface area contributed by atoms with E-state index in [1.165, 1.54) is 19.4 Å². The maximum atomic E-state index is 5.43. The molecule has 0 aromatic carbocycles. The fourth-order valence-corrected chi connectivity index (χ4v) is 1.24. The number of rotatable bonds is 7. The third kappa shape index (κ3) is 8.02. The van der Waals surface area contributed by atoms with Crippen LogP contribution in [0.15, 0.2) is 0 Å². The summed E-state index contributed by atoms with van der Waals surface area (Å²) < 4.78 is 0. The van der Waals surface area contributed by atoms with Crippen molar-refractivity contribution in [3.63, 3.8) is 0 Å². The summed E-state index contributed by atoms with van der Waals surface area (Å²) in [6, 6.07) is 0. The van der Waals surface area contributed by atoms with Gasteiger partial charge in [0.1, 0.15) is 0 Å². The molecule has 0 radical (unpaired) electrons. The van der Waals surface area contributed by atoms with Gasteiger partial charge < -0.3 is 10.6 Å². The predicted molar refractivity (Wildman–Crippen MR) is 55.2 cm³/mol. The van der Waals surface area contributed by atoms with Crippen LogP contribution in [0.5, 0.6) is 0 Å². The molecular weight excluding hydrogens is 148 g/mol. The summed E-state index contributed by atoms with van der Waals surface area (Å²) in [6.07, 6.45) is 3.78. The lowest BCUT2D eigenvalue weighted by atomic mass is 10.1. The van der Waals surface area contributed by atoms with Gasteiger partial charge in [-0.05, 0) is 51.9 Å². The summed E-state index contributed by atoms with van der Waals surface area (Å²) in [5, 5.41) is 0. The fourth-order valence-electron chi connectivity index (χ4n) is 1.24. The highest BCUT2D eigenvalue weighted by Crippen LogP contribution is 2.03. The van der Waals surface area contributed by atoms with Crippen LogP contribution in [0.2, 0.25) is 0 Å². The predicted octanol–water partition coefficient (Wildman–Crippen LogP) is 1.70. The zero-order valence-electron chi connectivity index (χ0n) is 8.84. The third-order valence-electron chi connectivity index (χ3n) is 2.07. The van der Waals surface area contributed by atoms with Gasteiger partial charge in [-0.25, -0.2) is 0 Å². The molecule has 0 unspecified atom stereocenters. The van der Waals surface area contributed by atoms with Crippen molar-refractivity contribution < 1.29 is 0 Å². The Morgan fingerprint density at radius 1 is 1.17 bits per heavy atom. The Hall–Kier alpha value is -0.0800. The molecule has 0 aliphatic rings. The number of nitrogens with two attached hydrogens (primary N) is 1. The van der Waals surface area contributed by atoms with E-state index in [0.29, 0.717) is 0 Å². The molecule has 74 valence electrons. The first-order valence-corrected chi connectivity index (χ1v) is 5.05. The normalized spacial score (nSPS) is 11.5. The zero-order chi connectivity index (χ0) is 9.40. The van der Waals surface area contributed by atoms with E-state index in [2.05, 4.69) is 25.8 Å². The standard InChI is InChI=1S/C10H24N2/c1-10(2)6-4-8-12(3)9-5-7-11/h10H,4-9,11H2,1-3H3. The number of hydrogen-bond acceptors (Lipinski definition) is 2. The molecule has 0 aromatic rings. The largest absolute Gasteiger partial charge is 0.330 e. The number of nitrogens with zero attached hydrogens (tertiary/aromatic N) is 1. The van der Waals surface area contributed by atoms with Gasteiger partial charge in [-0.3, -0.25) is 0 Å². The monoisotopic (exact) mass is 172 g/mol. The second kappa shape index (κ2) is 7.56. The average molecular weight is 172 g/mol. The molecule has 0 heterocycles. The highest BCUT2D eigenvalue weighted by molar-refractivity contribution is 4.54. The molecule has 0 spiro atoms. The van der Waals surface area contributed by atoms with Crippen molar-refractivity contribution in [3.8, 4) is 0 Å². The van der Waals surface area contributed by atoms with Gasteiger partial charge in [0.25, 0.3) is 0 Å². The summed E-state index contributed by atoms with van der Waals surface area (Å²) in [7, 11) is 2.18. The highest BCUT2D eigenvalue weighted by Gasteiger charge is 1.98. The van der Waals surface area contributed by atoms with Crippen molar-refractivity contribution in [1.82, 2.24) is 4.90 Å². The minimum Gasteiger partial charge on any atom is -0.330 e. The minimum absolute atomic E-state index is 0.814. The molecule has 0 rings (SSSR count). The van der Waals surface area contributed by atoms with E-state index >= 15 is 0 Å². The molecule has 0 aromatic heterocycles. The van der Waals surface area contributed by atoms with Crippen molar-refractivity contribution in [3.05, 3.63) is 0 Å². The maximum absolute atomic E-state index is 5.43. The van der Waals surface area contributed by atoms with Crippen molar-refractivity contribution in [1.29, 1.82) is 0 Å². The van der Waals surface area contributed by atoms with Gasteiger partial charge in [0.2, 0.25) is 0 Å². The summed E-state index contributed by atoms with van der Waals surface area (Å²) in [4.78, 5) is 2.37. The Bertz CT molecular complexity index is 91.8. The molecule has 0 saturated carbocycles. The van der Waals surface area contributed by atoms with Crippen LogP contribution in [0, 0.1) is 5.92 Å². The summed E-state index contributed by atoms with van der Waals surface area (Å²) in [5.41, 5.74) is 5.43. The van der Waals surface area contributed by atoms with Crippen LogP contribution in [0.3, 0.4) is 0 Å². The van der Waals surface area contributed by atoms with Gasteiger partial charge >= 0.3 is 0 Å². The fraction of sp³-hybridized carbons (Fsp3) is 1.00. The molecule has 2 N–H and O–H groups in total. The van der Waals surface area contributed by atoms with Gasteiger partial charge in [-0.15, -0.1) is 0 Å². The van der Waals surface area contributed by atoms with Crippen molar-refractivity contribution in [2.24, 2.45) is 11.7 Å². The van der Waals surface area contributed by atoms with Crippen molar-refractivity contribution in [2.45, 2.75) is 33.1 Å². The maximum Gasteiger partial charge on any atom is -0.000977 e. The smallest absolute Gasteiger partial charge is 0.000977 e. The quantitative estimate of drug-likeness (QED) is 0.633. The molecule has 2 nitrogen and oxygen atoms in total. The van der Waals surface area contributed by atoms with Crippen LogP contribution in [-0.2, 0) is 0 Å². The third-order valence-corrected chi connectivity index (χ3v) is 2.07. The zero-order valence-corrected chi connectivity index (χ0v) is 8.84. The van der Waals surface area contributed by atoms with Gasteiger partial charge in [0.05, 0.1) is 0 Å².